The molecular formula is C23H26N4O2. The van der Waals surface area contributed by atoms with E-state index in [2.05, 4.69) is 23.4 Å². The minimum Gasteiger partial charge on any atom is -0.464 e. The molecule has 2 saturated carbocycles. The molecule has 5 rings (SSSR count). The predicted octanol–water partition coefficient (Wildman–Crippen LogP) is 4.84. The zero-order valence-electron chi connectivity index (χ0n) is 16.6. The van der Waals surface area contributed by atoms with Gasteiger partial charge in [-0.05, 0) is 61.1 Å². The highest BCUT2D eigenvalue weighted by molar-refractivity contribution is 5.89. The Balaban J connectivity index is 1.21. The van der Waals surface area contributed by atoms with Crippen molar-refractivity contribution >= 4 is 11.7 Å². The Kier molecular flexibility index (Phi) is 4.62. The van der Waals surface area contributed by atoms with Crippen LogP contribution in [0.15, 0.2) is 59.3 Å². The van der Waals surface area contributed by atoms with Gasteiger partial charge in [-0.1, -0.05) is 19.1 Å². The lowest BCUT2D eigenvalue weighted by Gasteiger charge is -2.22. The van der Waals surface area contributed by atoms with Gasteiger partial charge in [0, 0.05) is 30.0 Å². The molecule has 0 saturated heterocycles. The first kappa shape index (κ1) is 18.0. The van der Waals surface area contributed by atoms with Crippen LogP contribution in [0.25, 0.3) is 0 Å². The van der Waals surface area contributed by atoms with Crippen molar-refractivity contribution in [3.63, 3.8) is 0 Å². The average molecular weight is 390 g/mol. The maximum absolute atomic E-state index is 12.9. The van der Waals surface area contributed by atoms with Gasteiger partial charge in [0.15, 0.2) is 0 Å². The second-order valence-electron chi connectivity index (χ2n) is 8.31. The molecule has 0 aliphatic heterocycles. The van der Waals surface area contributed by atoms with Gasteiger partial charge in [0.05, 0.1) is 13.1 Å². The number of amides is 2. The van der Waals surface area contributed by atoms with Crippen LogP contribution in [-0.4, -0.2) is 26.8 Å². The Morgan fingerprint density at radius 3 is 2.69 bits per heavy atom. The van der Waals surface area contributed by atoms with Crippen LogP contribution in [0.3, 0.4) is 0 Å². The number of aromatic nitrogens is 2. The van der Waals surface area contributed by atoms with E-state index in [-0.39, 0.29) is 6.03 Å². The van der Waals surface area contributed by atoms with Gasteiger partial charge in [0.2, 0.25) is 0 Å². The molecule has 1 N–H and O–H groups in total. The standard InChI is InChI=1S/C23H26N4O2/c1-16-13-21(16)22-10-9-20(29-22)15-27(19-7-8-19)23(28)25-18-5-3-17(4-6-18)14-26-12-2-11-24-26/h2-6,9-12,16,19,21H,7-8,13-15H2,1H3,(H,25,28). The van der Waals surface area contributed by atoms with Gasteiger partial charge in [-0.2, -0.15) is 5.10 Å². The van der Waals surface area contributed by atoms with E-state index >= 15 is 0 Å². The molecule has 0 spiro atoms. The molecule has 0 radical (unpaired) electrons. The molecule has 6 nitrogen and oxygen atoms in total. The molecular weight excluding hydrogens is 364 g/mol. The van der Waals surface area contributed by atoms with Crippen molar-refractivity contribution in [2.75, 3.05) is 5.32 Å². The number of anilines is 1. The lowest BCUT2D eigenvalue weighted by molar-refractivity contribution is 0.200. The van der Waals surface area contributed by atoms with E-state index in [1.54, 1.807) is 6.20 Å². The van der Waals surface area contributed by atoms with Crippen molar-refractivity contribution in [2.45, 2.75) is 51.2 Å². The van der Waals surface area contributed by atoms with E-state index in [1.807, 2.05) is 52.2 Å². The van der Waals surface area contributed by atoms with E-state index < -0.39 is 0 Å². The Morgan fingerprint density at radius 2 is 2.03 bits per heavy atom. The minimum atomic E-state index is -0.0648. The molecule has 150 valence electrons. The first-order valence-corrected chi connectivity index (χ1v) is 10.4. The Hall–Kier alpha value is -3.02. The predicted molar refractivity (Wildman–Crippen MR) is 111 cm³/mol. The maximum atomic E-state index is 12.9. The van der Waals surface area contributed by atoms with Crippen LogP contribution in [0.5, 0.6) is 0 Å². The van der Waals surface area contributed by atoms with Crippen molar-refractivity contribution in [1.29, 1.82) is 0 Å². The third-order valence-electron chi connectivity index (χ3n) is 5.84. The van der Waals surface area contributed by atoms with Gasteiger partial charge < -0.3 is 14.6 Å². The molecule has 2 aromatic heterocycles. The number of hydrogen-bond acceptors (Lipinski definition) is 3. The summed E-state index contributed by atoms with van der Waals surface area (Å²) in [6, 6.07) is 14.2. The summed E-state index contributed by atoms with van der Waals surface area (Å²) >= 11 is 0. The molecule has 2 heterocycles. The maximum Gasteiger partial charge on any atom is 0.322 e. The smallest absolute Gasteiger partial charge is 0.322 e. The minimum absolute atomic E-state index is 0.0648. The fourth-order valence-corrected chi connectivity index (χ4v) is 3.79. The van der Waals surface area contributed by atoms with Crippen molar-refractivity contribution in [2.24, 2.45) is 5.92 Å². The first-order chi connectivity index (χ1) is 14.2. The number of hydrogen-bond donors (Lipinski definition) is 1. The summed E-state index contributed by atoms with van der Waals surface area (Å²) in [5, 5.41) is 7.27. The number of nitrogens with zero attached hydrogens (tertiary/aromatic N) is 3. The third-order valence-corrected chi connectivity index (χ3v) is 5.84. The highest BCUT2D eigenvalue weighted by Crippen LogP contribution is 2.47. The monoisotopic (exact) mass is 390 g/mol. The van der Waals surface area contributed by atoms with Crippen LogP contribution < -0.4 is 5.32 Å². The first-order valence-electron chi connectivity index (χ1n) is 10.4. The third kappa shape index (κ3) is 4.21. The average Bonchev–Trinajstić information content (AvgIpc) is 3.58. The normalized spacial score (nSPS) is 20.4. The van der Waals surface area contributed by atoms with Gasteiger partial charge in [0.25, 0.3) is 0 Å². The van der Waals surface area contributed by atoms with Crippen LogP contribution in [-0.2, 0) is 13.1 Å². The molecule has 2 aliphatic carbocycles. The number of nitrogens with one attached hydrogen (secondary N) is 1. The van der Waals surface area contributed by atoms with Gasteiger partial charge in [0.1, 0.15) is 11.5 Å². The van der Waals surface area contributed by atoms with Crippen LogP contribution in [0.1, 0.15) is 49.2 Å². The number of urea groups is 1. The van der Waals surface area contributed by atoms with Crippen molar-refractivity contribution in [3.05, 3.63) is 71.9 Å². The Bertz CT molecular complexity index is 973. The lowest BCUT2D eigenvalue weighted by atomic mass is 10.2. The van der Waals surface area contributed by atoms with Crippen LogP contribution in [0.2, 0.25) is 0 Å². The number of furan rings is 1. The van der Waals surface area contributed by atoms with Crippen molar-refractivity contribution in [3.8, 4) is 0 Å². The molecule has 6 heteroatoms. The lowest BCUT2D eigenvalue weighted by Crippen LogP contribution is -2.36. The molecule has 0 bridgehead atoms. The second kappa shape index (κ2) is 7.43. The van der Waals surface area contributed by atoms with Crippen molar-refractivity contribution < 1.29 is 9.21 Å². The van der Waals surface area contributed by atoms with E-state index in [0.29, 0.717) is 24.4 Å². The van der Waals surface area contributed by atoms with Gasteiger partial charge in [-0.25, -0.2) is 4.79 Å². The quantitative estimate of drug-likeness (QED) is 0.628. The van der Waals surface area contributed by atoms with Gasteiger partial charge in [-0.15, -0.1) is 0 Å². The van der Waals surface area contributed by atoms with Crippen molar-refractivity contribution in [1.82, 2.24) is 14.7 Å². The van der Waals surface area contributed by atoms with Gasteiger partial charge >= 0.3 is 6.03 Å². The summed E-state index contributed by atoms with van der Waals surface area (Å²) in [7, 11) is 0. The summed E-state index contributed by atoms with van der Waals surface area (Å²) in [5.41, 5.74) is 1.94. The molecule has 2 fully saturated rings. The summed E-state index contributed by atoms with van der Waals surface area (Å²) in [5.74, 6) is 3.22. The highest BCUT2D eigenvalue weighted by atomic mass is 16.3. The SMILES string of the molecule is CC1CC1c1ccc(CN(C(=O)Nc2ccc(Cn3cccn3)cc2)C2CC2)o1. The summed E-state index contributed by atoms with van der Waals surface area (Å²) < 4.78 is 7.90. The Morgan fingerprint density at radius 1 is 1.24 bits per heavy atom. The molecule has 2 amide bonds. The van der Waals surface area contributed by atoms with Crippen LogP contribution in [0.4, 0.5) is 10.5 Å². The number of carbonyl (C=O) groups excluding carboxylic acids is 1. The Labute approximate surface area is 170 Å². The zero-order valence-corrected chi connectivity index (χ0v) is 16.6. The fourth-order valence-electron chi connectivity index (χ4n) is 3.79. The summed E-state index contributed by atoms with van der Waals surface area (Å²) in [6.07, 6.45) is 7.03. The zero-order chi connectivity index (χ0) is 19.8. The largest absolute Gasteiger partial charge is 0.464 e. The molecule has 1 aromatic carbocycles. The van der Waals surface area contributed by atoms with Crippen LogP contribution >= 0.6 is 0 Å². The van der Waals surface area contributed by atoms with E-state index in [4.69, 9.17) is 4.42 Å². The topological polar surface area (TPSA) is 63.3 Å². The second-order valence-corrected chi connectivity index (χ2v) is 8.31. The molecule has 3 aromatic rings. The summed E-state index contributed by atoms with van der Waals surface area (Å²) in [4.78, 5) is 14.8. The molecule has 2 unspecified atom stereocenters. The van der Waals surface area contributed by atoms with Gasteiger partial charge in [-0.3, -0.25) is 4.68 Å². The number of benzene rings is 1. The number of carbonyl (C=O) groups is 1. The molecule has 2 atom stereocenters. The fraction of sp³-hybridized carbons (Fsp3) is 0.391. The van der Waals surface area contributed by atoms with Crippen LogP contribution in [0, 0.1) is 5.92 Å². The highest BCUT2D eigenvalue weighted by Gasteiger charge is 2.37. The summed E-state index contributed by atoms with van der Waals surface area (Å²) in [6.45, 7) is 3.49. The van der Waals surface area contributed by atoms with E-state index in [0.717, 1.165) is 42.2 Å². The number of rotatable bonds is 7. The van der Waals surface area contributed by atoms with E-state index in [1.165, 1.54) is 6.42 Å². The van der Waals surface area contributed by atoms with E-state index in [9.17, 15) is 4.79 Å². The molecule has 2 aliphatic rings. The molecule has 29 heavy (non-hydrogen) atoms.